The molecule has 86 heavy (non-hydrogen) atoms. The van der Waals surface area contributed by atoms with Crippen molar-refractivity contribution < 1.29 is 80.2 Å². The van der Waals surface area contributed by atoms with Crippen LogP contribution in [0, 0.1) is 11.8 Å². The molecule has 0 fully saturated rings. The number of hydrogen-bond acceptors (Lipinski definition) is 15. The van der Waals surface area contributed by atoms with Gasteiger partial charge >= 0.3 is 39.5 Å². The Hall–Kier alpha value is -1.94. The van der Waals surface area contributed by atoms with Crippen LogP contribution in [0.4, 0.5) is 0 Å². The van der Waals surface area contributed by atoms with Crippen molar-refractivity contribution in [3.8, 4) is 0 Å². The van der Waals surface area contributed by atoms with Crippen LogP contribution in [0.25, 0.3) is 0 Å². The molecule has 19 heteroatoms. The predicted octanol–water partition coefficient (Wildman–Crippen LogP) is 18.8. The molecule has 0 saturated carbocycles. The van der Waals surface area contributed by atoms with Crippen molar-refractivity contribution in [2.45, 2.75) is 355 Å². The lowest BCUT2D eigenvalue weighted by atomic mass is 9.99. The normalized spacial score (nSPS) is 14.5. The molecule has 0 saturated heterocycles. The highest BCUT2D eigenvalue weighted by Gasteiger charge is 2.30. The zero-order chi connectivity index (χ0) is 63.6. The van der Waals surface area contributed by atoms with E-state index in [9.17, 15) is 43.2 Å². The van der Waals surface area contributed by atoms with Crippen LogP contribution in [0.2, 0.25) is 0 Å². The molecule has 17 nitrogen and oxygen atoms in total. The lowest BCUT2D eigenvalue weighted by Gasteiger charge is -2.21. The van der Waals surface area contributed by atoms with E-state index >= 15 is 0 Å². The molecule has 6 atom stereocenters. The summed E-state index contributed by atoms with van der Waals surface area (Å²) in [5, 5.41) is 10.5. The van der Waals surface area contributed by atoms with Crippen molar-refractivity contribution >= 4 is 39.5 Å². The topological polar surface area (TPSA) is 237 Å². The van der Waals surface area contributed by atoms with E-state index in [1.807, 2.05) is 0 Å². The summed E-state index contributed by atoms with van der Waals surface area (Å²) >= 11 is 0. The molecule has 0 amide bonds. The first kappa shape index (κ1) is 84.1. The highest BCUT2D eigenvalue weighted by molar-refractivity contribution is 7.47. The van der Waals surface area contributed by atoms with E-state index in [1.165, 1.54) is 128 Å². The second-order valence-electron chi connectivity index (χ2n) is 24.9. The highest BCUT2D eigenvalue weighted by Crippen LogP contribution is 2.45. The maximum absolute atomic E-state index is 13.0. The van der Waals surface area contributed by atoms with Crippen LogP contribution in [0.3, 0.4) is 0 Å². The van der Waals surface area contributed by atoms with Crippen molar-refractivity contribution in [1.82, 2.24) is 0 Å². The Morgan fingerprint density at radius 3 is 0.884 bits per heavy atom. The first-order valence-corrected chi connectivity index (χ1v) is 38.0. The first-order valence-electron chi connectivity index (χ1n) is 35.0. The second-order valence-corrected chi connectivity index (χ2v) is 27.8. The third-order valence-electron chi connectivity index (χ3n) is 15.8. The van der Waals surface area contributed by atoms with Gasteiger partial charge in [0.15, 0.2) is 12.2 Å². The smallest absolute Gasteiger partial charge is 0.462 e. The van der Waals surface area contributed by atoms with E-state index in [0.717, 1.165) is 127 Å². The van der Waals surface area contributed by atoms with E-state index in [-0.39, 0.29) is 25.7 Å². The fraction of sp³-hybridized carbons (Fsp3) is 0.940. The number of ether oxygens (including phenoxy) is 4. The first-order chi connectivity index (χ1) is 41.4. The third-order valence-corrected chi connectivity index (χ3v) is 17.7. The number of rotatable bonds is 66. The molecule has 0 aromatic heterocycles. The molecule has 0 aliphatic rings. The largest absolute Gasteiger partial charge is 0.472 e. The van der Waals surface area contributed by atoms with Crippen LogP contribution >= 0.6 is 15.6 Å². The van der Waals surface area contributed by atoms with Gasteiger partial charge in [0.2, 0.25) is 0 Å². The number of hydrogen-bond donors (Lipinski definition) is 3. The molecule has 0 aromatic carbocycles. The summed E-state index contributed by atoms with van der Waals surface area (Å²) in [4.78, 5) is 72.1. The number of aliphatic hydroxyl groups excluding tert-OH is 1. The van der Waals surface area contributed by atoms with Gasteiger partial charge < -0.3 is 33.8 Å². The summed E-state index contributed by atoms with van der Waals surface area (Å²) in [6.45, 7) is 9.49. The Labute approximate surface area is 524 Å². The van der Waals surface area contributed by atoms with Gasteiger partial charge in [-0.15, -0.1) is 0 Å². The van der Waals surface area contributed by atoms with Gasteiger partial charge in [0.05, 0.1) is 26.4 Å². The maximum Gasteiger partial charge on any atom is 0.472 e. The number of phosphoric acid groups is 2. The highest BCUT2D eigenvalue weighted by atomic mass is 31.2. The molecule has 0 radical (unpaired) electrons. The standard InChI is InChI=1S/C67H130O17P2/c1-7-10-12-14-29-37-43-49-64(69)77-55-62(83-66(71)51-45-39-30-15-13-11-8-2)57-81-85(73,74)79-53-61(68)54-80-86(75,76)82-58-63(56-78-65(70)50-44-38-33-27-24-23-26-32-36-42-48-60(6)9-3)84-67(72)52-46-40-34-28-22-20-18-16-17-19-21-25-31-35-41-47-59(4)5/h59-63,68H,7-58H2,1-6H3,(H,73,74)(H,75,76)/t60?,61-,62+,63+/m0/s1. The minimum absolute atomic E-state index is 0.103. The van der Waals surface area contributed by atoms with Crippen molar-refractivity contribution in [3.63, 3.8) is 0 Å². The van der Waals surface area contributed by atoms with Crippen LogP contribution in [0.5, 0.6) is 0 Å². The number of phosphoric ester groups is 2. The number of carbonyl (C=O) groups excluding carboxylic acids is 4. The Balaban J connectivity index is 5.16. The lowest BCUT2D eigenvalue weighted by molar-refractivity contribution is -0.161. The average molecular weight is 1270 g/mol. The summed E-state index contributed by atoms with van der Waals surface area (Å²) in [6.07, 6.45) is 43.3. The molecule has 3 N–H and O–H groups in total. The molecule has 3 unspecified atom stereocenters. The summed E-state index contributed by atoms with van der Waals surface area (Å²) in [5.74, 6) is -0.525. The maximum atomic E-state index is 13.0. The van der Waals surface area contributed by atoms with E-state index < -0.39 is 97.5 Å². The van der Waals surface area contributed by atoms with Crippen molar-refractivity contribution in [3.05, 3.63) is 0 Å². The number of esters is 4. The second kappa shape index (κ2) is 59.4. The summed E-state index contributed by atoms with van der Waals surface area (Å²) in [6, 6.07) is 0. The van der Waals surface area contributed by atoms with Gasteiger partial charge in [-0.3, -0.25) is 37.3 Å². The van der Waals surface area contributed by atoms with Crippen LogP contribution < -0.4 is 0 Å². The minimum Gasteiger partial charge on any atom is -0.462 e. The van der Waals surface area contributed by atoms with Crippen LogP contribution in [-0.2, 0) is 65.4 Å². The van der Waals surface area contributed by atoms with Gasteiger partial charge in [-0.2, -0.15) is 0 Å². The third kappa shape index (κ3) is 59.7. The molecule has 0 aromatic rings. The fourth-order valence-electron chi connectivity index (χ4n) is 10.0. The average Bonchev–Trinajstić information content (AvgIpc) is 3.64. The van der Waals surface area contributed by atoms with Crippen molar-refractivity contribution in [2.24, 2.45) is 11.8 Å². The van der Waals surface area contributed by atoms with E-state index in [4.69, 9.17) is 37.0 Å². The van der Waals surface area contributed by atoms with Gasteiger partial charge in [0.25, 0.3) is 0 Å². The van der Waals surface area contributed by atoms with Gasteiger partial charge in [-0.1, -0.05) is 286 Å². The summed E-state index contributed by atoms with van der Waals surface area (Å²) < 4.78 is 67.9. The molecule has 0 bridgehead atoms. The van der Waals surface area contributed by atoms with Crippen molar-refractivity contribution in [2.75, 3.05) is 39.6 Å². The van der Waals surface area contributed by atoms with E-state index in [0.29, 0.717) is 25.7 Å². The minimum atomic E-state index is -4.95. The molecule has 0 aliphatic carbocycles. The van der Waals surface area contributed by atoms with Gasteiger partial charge in [-0.25, -0.2) is 9.13 Å². The monoisotopic (exact) mass is 1270 g/mol. The molecule has 0 heterocycles. The summed E-state index contributed by atoms with van der Waals surface area (Å²) in [7, 11) is -9.88. The van der Waals surface area contributed by atoms with Gasteiger partial charge in [-0.05, 0) is 37.5 Å². The zero-order valence-corrected chi connectivity index (χ0v) is 57.4. The number of unbranched alkanes of at least 4 members (excludes halogenated alkanes) is 35. The van der Waals surface area contributed by atoms with Gasteiger partial charge in [0, 0.05) is 25.7 Å². The predicted molar refractivity (Wildman–Crippen MR) is 345 cm³/mol. The number of carbonyl (C=O) groups is 4. The quantitative estimate of drug-likeness (QED) is 0.0222. The molecule has 510 valence electrons. The Kier molecular flexibility index (Phi) is 58.0. The van der Waals surface area contributed by atoms with Crippen LogP contribution in [-0.4, -0.2) is 96.7 Å². The van der Waals surface area contributed by atoms with Crippen molar-refractivity contribution in [1.29, 1.82) is 0 Å². The van der Waals surface area contributed by atoms with Crippen LogP contribution in [0.1, 0.15) is 337 Å². The number of aliphatic hydroxyl groups is 1. The van der Waals surface area contributed by atoms with E-state index in [1.54, 1.807) is 0 Å². The Morgan fingerprint density at radius 1 is 0.337 bits per heavy atom. The Morgan fingerprint density at radius 2 is 0.593 bits per heavy atom. The zero-order valence-electron chi connectivity index (χ0n) is 55.6. The lowest BCUT2D eigenvalue weighted by Crippen LogP contribution is -2.30. The SMILES string of the molecule is CCCCCCCCCC(=O)OC[C@H](COP(=O)(O)OC[C@H](O)COP(=O)(O)OC[C@@H](COC(=O)CCCCCCCCCCCCC(C)CC)OC(=O)CCCCCCCCCCCCCCCCCC(C)C)OC(=O)CCCCCCCCC. The summed E-state index contributed by atoms with van der Waals surface area (Å²) in [5.41, 5.74) is 0. The molecular weight excluding hydrogens is 1140 g/mol. The fourth-order valence-corrected chi connectivity index (χ4v) is 11.6. The van der Waals surface area contributed by atoms with Crippen LogP contribution in [0.15, 0.2) is 0 Å². The molecule has 0 spiro atoms. The molecular formula is C67H130O17P2. The molecule has 0 rings (SSSR count). The van der Waals surface area contributed by atoms with E-state index in [2.05, 4.69) is 41.5 Å². The molecule has 0 aliphatic heterocycles. The Bertz CT molecular complexity index is 1690. The van der Waals surface area contributed by atoms with Gasteiger partial charge in [0.1, 0.15) is 19.3 Å².